The second-order valence-corrected chi connectivity index (χ2v) is 5.03. The molecule has 1 aromatic rings. The maximum Gasteiger partial charge on any atom is 0.269 e. The zero-order valence-corrected chi connectivity index (χ0v) is 11.7. The van der Waals surface area contributed by atoms with Crippen LogP contribution in [0.4, 0.5) is 5.69 Å². The fourth-order valence-corrected chi connectivity index (χ4v) is 2.05. The molecule has 106 valence electrons. The fourth-order valence-electron chi connectivity index (χ4n) is 2.05. The van der Waals surface area contributed by atoms with Crippen molar-refractivity contribution < 1.29 is 10.0 Å². The highest BCUT2D eigenvalue weighted by atomic mass is 16.6. The van der Waals surface area contributed by atoms with Crippen molar-refractivity contribution in [2.24, 2.45) is 5.92 Å². The van der Waals surface area contributed by atoms with Gasteiger partial charge in [0.15, 0.2) is 0 Å². The molecule has 0 aliphatic carbocycles. The van der Waals surface area contributed by atoms with E-state index in [1.165, 1.54) is 12.1 Å². The van der Waals surface area contributed by atoms with Gasteiger partial charge in [-0.25, -0.2) is 0 Å². The Bertz CT molecular complexity index is 404. The molecule has 2 unspecified atom stereocenters. The van der Waals surface area contributed by atoms with Gasteiger partial charge in [-0.05, 0) is 30.0 Å². The van der Waals surface area contributed by atoms with Crippen molar-refractivity contribution in [1.29, 1.82) is 0 Å². The maximum absolute atomic E-state index is 10.5. The van der Waals surface area contributed by atoms with E-state index in [0.717, 1.165) is 6.42 Å². The van der Waals surface area contributed by atoms with E-state index in [1.54, 1.807) is 12.1 Å². The van der Waals surface area contributed by atoms with E-state index in [2.05, 4.69) is 26.1 Å². The highest BCUT2D eigenvalue weighted by Gasteiger charge is 2.14. The van der Waals surface area contributed by atoms with Crippen LogP contribution in [0, 0.1) is 16.0 Å². The van der Waals surface area contributed by atoms with E-state index < -0.39 is 11.0 Å². The van der Waals surface area contributed by atoms with Crippen LogP contribution in [0.3, 0.4) is 0 Å². The summed E-state index contributed by atoms with van der Waals surface area (Å²) in [4.78, 5) is 10.1. The normalized spacial score (nSPS) is 14.4. The van der Waals surface area contributed by atoms with Gasteiger partial charge < -0.3 is 10.4 Å². The van der Waals surface area contributed by atoms with Crippen molar-refractivity contribution >= 4 is 5.69 Å². The molecule has 0 saturated carbocycles. The molecule has 0 radical (unpaired) electrons. The number of hydrogen-bond acceptors (Lipinski definition) is 4. The van der Waals surface area contributed by atoms with Gasteiger partial charge in [0.05, 0.1) is 11.0 Å². The van der Waals surface area contributed by atoms with Gasteiger partial charge >= 0.3 is 0 Å². The third-order valence-electron chi connectivity index (χ3n) is 3.31. The van der Waals surface area contributed by atoms with Crippen LogP contribution in [0.15, 0.2) is 24.3 Å². The number of benzene rings is 1. The van der Waals surface area contributed by atoms with Gasteiger partial charge in [-0.3, -0.25) is 10.1 Å². The predicted octanol–water partition coefficient (Wildman–Crippen LogP) is 2.65. The van der Waals surface area contributed by atoms with E-state index in [9.17, 15) is 15.2 Å². The van der Waals surface area contributed by atoms with Crippen LogP contribution in [-0.4, -0.2) is 22.6 Å². The minimum absolute atomic E-state index is 0.0394. The Morgan fingerprint density at radius 1 is 1.32 bits per heavy atom. The van der Waals surface area contributed by atoms with Gasteiger partial charge in [0.25, 0.3) is 5.69 Å². The van der Waals surface area contributed by atoms with E-state index in [-0.39, 0.29) is 5.69 Å². The SMILES string of the molecule is CCC(NCC(O)c1ccc([N+](=O)[O-])cc1)C(C)C. The first kappa shape index (κ1) is 15.6. The number of hydrogen-bond donors (Lipinski definition) is 2. The van der Waals surface area contributed by atoms with Crippen LogP contribution in [0.2, 0.25) is 0 Å². The first-order valence-corrected chi connectivity index (χ1v) is 6.61. The topological polar surface area (TPSA) is 75.4 Å². The minimum Gasteiger partial charge on any atom is -0.387 e. The molecule has 19 heavy (non-hydrogen) atoms. The molecule has 1 aromatic carbocycles. The quantitative estimate of drug-likeness (QED) is 0.587. The van der Waals surface area contributed by atoms with Crippen LogP contribution in [-0.2, 0) is 0 Å². The largest absolute Gasteiger partial charge is 0.387 e. The molecule has 0 spiro atoms. The number of rotatable bonds is 7. The monoisotopic (exact) mass is 266 g/mol. The molecular formula is C14H22N2O3. The molecule has 0 aromatic heterocycles. The molecule has 0 saturated heterocycles. The molecule has 0 heterocycles. The molecule has 0 amide bonds. The molecule has 5 heteroatoms. The Hall–Kier alpha value is -1.46. The molecule has 0 fully saturated rings. The first-order valence-electron chi connectivity index (χ1n) is 6.61. The smallest absolute Gasteiger partial charge is 0.269 e. The lowest BCUT2D eigenvalue weighted by atomic mass is 10.0. The molecule has 5 nitrogen and oxygen atoms in total. The Kier molecular flexibility index (Phi) is 5.92. The third kappa shape index (κ3) is 4.61. The van der Waals surface area contributed by atoms with Gasteiger partial charge in [-0.2, -0.15) is 0 Å². The van der Waals surface area contributed by atoms with Gasteiger partial charge in [-0.15, -0.1) is 0 Å². The van der Waals surface area contributed by atoms with Gasteiger partial charge in [0, 0.05) is 24.7 Å². The van der Waals surface area contributed by atoms with Crippen molar-refractivity contribution in [3.05, 3.63) is 39.9 Å². The summed E-state index contributed by atoms with van der Waals surface area (Å²) in [5, 5.41) is 23.9. The molecular weight excluding hydrogens is 244 g/mol. The summed E-state index contributed by atoms with van der Waals surface area (Å²) < 4.78 is 0. The molecule has 0 aliphatic heterocycles. The van der Waals surface area contributed by atoms with Crippen molar-refractivity contribution in [3.63, 3.8) is 0 Å². The van der Waals surface area contributed by atoms with Crippen molar-refractivity contribution in [3.8, 4) is 0 Å². The second kappa shape index (κ2) is 7.21. The number of non-ortho nitro benzene ring substituents is 1. The number of nitro groups is 1. The minimum atomic E-state index is -0.645. The number of aliphatic hydroxyl groups is 1. The lowest BCUT2D eigenvalue weighted by Crippen LogP contribution is -2.36. The standard InChI is InChI=1S/C14H22N2O3/c1-4-13(10(2)3)15-9-14(17)11-5-7-12(8-6-11)16(18)19/h5-8,10,13-15,17H,4,9H2,1-3H3. The van der Waals surface area contributed by atoms with Crippen LogP contribution < -0.4 is 5.32 Å². The average Bonchev–Trinajstić information content (AvgIpc) is 2.38. The molecule has 2 atom stereocenters. The summed E-state index contributed by atoms with van der Waals surface area (Å²) in [5.41, 5.74) is 0.731. The highest BCUT2D eigenvalue weighted by molar-refractivity contribution is 5.33. The predicted molar refractivity (Wildman–Crippen MR) is 75.0 cm³/mol. The summed E-state index contributed by atoms with van der Waals surface area (Å²) in [6.45, 7) is 6.84. The van der Waals surface area contributed by atoms with Gasteiger partial charge in [-0.1, -0.05) is 20.8 Å². The highest BCUT2D eigenvalue weighted by Crippen LogP contribution is 2.17. The summed E-state index contributed by atoms with van der Waals surface area (Å²) >= 11 is 0. The average molecular weight is 266 g/mol. The molecule has 2 N–H and O–H groups in total. The van der Waals surface area contributed by atoms with Crippen molar-refractivity contribution in [2.75, 3.05) is 6.54 Å². The first-order chi connectivity index (χ1) is 8.95. The van der Waals surface area contributed by atoms with Crippen molar-refractivity contribution in [1.82, 2.24) is 5.32 Å². The summed E-state index contributed by atoms with van der Waals surface area (Å²) in [6.07, 6.45) is 0.360. The Morgan fingerprint density at radius 3 is 2.32 bits per heavy atom. The van der Waals surface area contributed by atoms with E-state index in [0.29, 0.717) is 24.1 Å². The number of nitrogens with zero attached hydrogens (tertiary/aromatic N) is 1. The van der Waals surface area contributed by atoms with Crippen LogP contribution >= 0.6 is 0 Å². The maximum atomic E-state index is 10.5. The molecule has 0 aliphatic rings. The summed E-state index contributed by atoms with van der Waals surface area (Å²) in [7, 11) is 0. The van der Waals surface area contributed by atoms with E-state index in [4.69, 9.17) is 0 Å². The Balaban J connectivity index is 2.58. The van der Waals surface area contributed by atoms with E-state index >= 15 is 0 Å². The lowest BCUT2D eigenvalue weighted by molar-refractivity contribution is -0.384. The zero-order valence-electron chi connectivity index (χ0n) is 11.7. The second-order valence-electron chi connectivity index (χ2n) is 5.03. The zero-order chi connectivity index (χ0) is 14.4. The number of aliphatic hydroxyl groups excluding tert-OH is 1. The third-order valence-corrected chi connectivity index (χ3v) is 3.31. The summed E-state index contributed by atoms with van der Waals surface area (Å²) in [5.74, 6) is 0.508. The number of nitrogens with one attached hydrogen (secondary N) is 1. The Labute approximate surface area is 113 Å². The molecule has 1 rings (SSSR count). The Morgan fingerprint density at radius 2 is 1.89 bits per heavy atom. The van der Waals surface area contributed by atoms with Gasteiger partial charge in [0.1, 0.15) is 0 Å². The van der Waals surface area contributed by atoms with Crippen molar-refractivity contribution in [2.45, 2.75) is 39.3 Å². The van der Waals surface area contributed by atoms with Crippen LogP contribution in [0.1, 0.15) is 38.9 Å². The van der Waals surface area contributed by atoms with E-state index in [1.807, 2.05) is 0 Å². The fraction of sp³-hybridized carbons (Fsp3) is 0.571. The molecule has 0 bridgehead atoms. The lowest BCUT2D eigenvalue weighted by Gasteiger charge is -2.22. The van der Waals surface area contributed by atoms with Crippen LogP contribution in [0.5, 0.6) is 0 Å². The van der Waals surface area contributed by atoms with Crippen LogP contribution in [0.25, 0.3) is 0 Å². The number of nitro benzene ring substituents is 1. The van der Waals surface area contributed by atoms with Gasteiger partial charge in [0.2, 0.25) is 0 Å². The summed E-state index contributed by atoms with van der Waals surface area (Å²) in [6, 6.07) is 6.39.